The van der Waals surface area contributed by atoms with Gasteiger partial charge in [-0.05, 0) is 0 Å². The molecule has 0 fully saturated rings. The third kappa shape index (κ3) is 1120. The van der Waals surface area contributed by atoms with Crippen molar-refractivity contribution in [2.45, 2.75) is 0 Å². The molecule has 13 heavy (non-hydrogen) atoms. The second-order valence-corrected chi connectivity index (χ2v) is 0.848. The van der Waals surface area contributed by atoms with Crippen LogP contribution in [0.3, 0.4) is 0 Å². The second-order valence-electron chi connectivity index (χ2n) is 0.848. The van der Waals surface area contributed by atoms with E-state index in [0.717, 1.165) is 0 Å². The standard InChI is InChI=1S/3CH2O3.Tb/c3*2-1(3)4;/h3*(H2,2,3,4);. The van der Waals surface area contributed by atoms with E-state index in [2.05, 4.69) is 0 Å². The van der Waals surface area contributed by atoms with Crippen LogP contribution in [0.5, 0.6) is 0 Å². The van der Waals surface area contributed by atoms with Crippen molar-refractivity contribution in [1.82, 2.24) is 0 Å². The van der Waals surface area contributed by atoms with E-state index in [1.807, 2.05) is 0 Å². The summed E-state index contributed by atoms with van der Waals surface area (Å²) in [6.07, 6.45) is -5.50. The van der Waals surface area contributed by atoms with E-state index in [4.69, 9.17) is 45.0 Å². The molecule has 0 saturated carbocycles. The molecular formula is C3H6O9Tb. The Morgan fingerprint density at radius 2 is 0.538 bits per heavy atom. The summed E-state index contributed by atoms with van der Waals surface area (Å²) >= 11 is 0. The summed E-state index contributed by atoms with van der Waals surface area (Å²) in [5, 5.41) is 41.8. The summed E-state index contributed by atoms with van der Waals surface area (Å²) < 4.78 is 0. The monoisotopic (exact) mass is 345 g/mol. The van der Waals surface area contributed by atoms with E-state index in [1.165, 1.54) is 0 Å². The van der Waals surface area contributed by atoms with E-state index in [0.29, 0.717) is 0 Å². The minimum absolute atomic E-state index is 0. The molecule has 0 heterocycles. The number of hydrogen-bond donors (Lipinski definition) is 6. The van der Waals surface area contributed by atoms with Gasteiger partial charge in [-0.1, -0.05) is 0 Å². The zero-order chi connectivity index (χ0) is 10.7. The van der Waals surface area contributed by atoms with Gasteiger partial charge in [-0.25, -0.2) is 14.4 Å². The van der Waals surface area contributed by atoms with Crippen LogP contribution in [0, 0.1) is 38.6 Å². The predicted octanol–water partition coefficient (Wildman–Crippen LogP) is 0.667. The van der Waals surface area contributed by atoms with E-state index >= 15 is 0 Å². The molecular weight excluding hydrogens is 339 g/mol. The number of carboxylic acid groups (broad SMARTS) is 6. The smallest absolute Gasteiger partial charge is 0.450 e. The van der Waals surface area contributed by atoms with Crippen molar-refractivity contribution in [2.24, 2.45) is 0 Å². The Labute approximate surface area is 102 Å². The average Bonchev–Trinajstić information content (AvgIpc) is 1.54. The summed E-state index contributed by atoms with van der Waals surface area (Å²) in [5.74, 6) is 0. The van der Waals surface area contributed by atoms with Crippen molar-refractivity contribution in [1.29, 1.82) is 0 Å². The number of hydrogen-bond acceptors (Lipinski definition) is 3. The van der Waals surface area contributed by atoms with Gasteiger partial charge in [0.05, 0.1) is 0 Å². The minimum atomic E-state index is -1.83. The van der Waals surface area contributed by atoms with Crippen molar-refractivity contribution < 1.29 is 83.6 Å². The molecule has 9 nitrogen and oxygen atoms in total. The first-order valence-corrected chi connectivity index (χ1v) is 1.95. The fourth-order valence-electron chi connectivity index (χ4n) is 0. The number of rotatable bonds is 0. The molecule has 0 aliphatic carbocycles. The summed E-state index contributed by atoms with van der Waals surface area (Å²) in [6, 6.07) is 0. The molecule has 0 aromatic heterocycles. The van der Waals surface area contributed by atoms with Gasteiger partial charge in [0.25, 0.3) is 0 Å². The average molecular weight is 345 g/mol. The van der Waals surface area contributed by atoms with Crippen LogP contribution in [-0.4, -0.2) is 49.1 Å². The predicted molar refractivity (Wildman–Crippen MR) is 32.0 cm³/mol. The molecule has 0 amide bonds. The number of carbonyl (C=O) groups is 3. The minimum Gasteiger partial charge on any atom is -0.450 e. The Morgan fingerprint density at radius 3 is 0.538 bits per heavy atom. The van der Waals surface area contributed by atoms with Crippen molar-refractivity contribution in [3.05, 3.63) is 0 Å². The molecule has 0 unspecified atom stereocenters. The van der Waals surface area contributed by atoms with Gasteiger partial charge >= 0.3 is 18.5 Å². The maximum absolute atomic E-state index is 8.56. The summed E-state index contributed by atoms with van der Waals surface area (Å²) in [5.41, 5.74) is 0. The summed E-state index contributed by atoms with van der Waals surface area (Å²) in [4.78, 5) is 25.7. The topological polar surface area (TPSA) is 173 Å². The van der Waals surface area contributed by atoms with Crippen LogP contribution in [-0.2, 0) is 0 Å². The van der Waals surface area contributed by atoms with Gasteiger partial charge in [0.1, 0.15) is 0 Å². The quantitative estimate of drug-likeness (QED) is 0.369. The van der Waals surface area contributed by atoms with Crippen LogP contribution in [0.2, 0.25) is 0 Å². The van der Waals surface area contributed by atoms with Crippen LogP contribution < -0.4 is 0 Å². The third-order valence-corrected chi connectivity index (χ3v) is 0. The van der Waals surface area contributed by atoms with Crippen molar-refractivity contribution in [3.63, 3.8) is 0 Å². The first kappa shape index (κ1) is 22.7. The van der Waals surface area contributed by atoms with Gasteiger partial charge in [0.2, 0.25) is 0 Å². The van der Waals surface area contributed by atoms with Gasteiger partial charge in [0.15, 0.2) is 0 Å². The maximum Gasteiger partial charge on any atom is 0.503 e. The van der Waals surface area contributed by atoms with Crippen LogP contribution in [0.1, 0.15) is 0 Å². The Kier molecular flexibility index (Phi) is 30.2. The van der Waals surface area contributed by atoms with E-state index in [-0.39, 0.29) is 38.6 Å². The van der Waals surface area contributed by atoms with E-state index in [1.54, 1.807) is 0 Å². The van der Waals surface area contributed by atoms with Crippen LogP contribution in [0.15, 0.2) is 0 Å². The molecule has 81 valence electrons. The molecule has 0 bridgehead atoms. The zero-order valence-corrected chi connectivity index (χ0v) is 7.88. The normalized spacial score (nSPS) is 5.54. The SMILES string of the molecule is O=C(O)O.O=C(O)O.O=C(O)O.[Tb]. The van der Waals surface area contributed by atoms with Crippen molar-refractivity contribution in [3.8, 4) is 0 Å². The molecule has 0 spiro atoms. The van der Waals surface area contributed by atoms with Gasteiger partial charge in [-0.15, -0.1) is 0 Å². The molecule has 0 aromatic rings. The van der Waals surface area contributed by atoms with Gasteiger partial charge in [0, 0.05) is 38.6 Å². The van der Waals surface area contributed by atoms with Crippen LogP contribution in [0.4, 0.5) is 14.4 Å². The third-order valence-electron chi connectivity index (χ3n) is 0. The first-order chi connectivity index (χ1) is 5.20. The van der Waals surface area contributed by atoms with Crippen molar-refractivity contribution in [2.75, 3.05) is 0 Å². The van der Waals surface area contributed by atoms with E-state index < -0.39 is 18.5 Å². The molecule has 0 aliphatic heterocycles. The molecule has 1 radical (unpaired) electrons. The Morgan fingerprint density at radius 1 is 0.538 bits per heavy atom. The maximum atomic E-state index is 8.56. The van der Waals surface area contributed by atoms with E-state index in [9.17, 15) is 0 Å². The second kappa shape index (κ2) is 17.3. The van der Waals surface area contributed by atoms with Gasteiger partial charge < -0.3 is 30.6 Å². The largest absolute Gasteiger partial charge is 0.503 e. The Hall–Kier alpha value is -0.904. The van der Waals surface area contributed by atoms with Gasteiger partial charge in [-0.2, -0.15) is 0 Å². The molecule has 10 heteroatoms. The Balaban J connectivity index is -0.0000000450. The fourth-order valence-corrected chi connectivity index (χ4v) is 0. The molecule has 0 aromatic carbocycles. The zero-order valence-electron chi connectivity index (χ0n) is 5.74. The van der Waals surface area contributed by atoms with Crippen molar-refractivity contribution >= 4 is 18.5 Å². The summed E-state index contributed by atoms with van der Waals surface area (Å²) in [7, 11) is 0. The van der Waals surface area contributed by atoms with Gasteiger partial charge in [-0.3, -0.25) is 0 Å². The molecule has 0 aliphatic rings. The first-order valence-electron chi connectivity index (χ1n) is 1.95. The molecule has 6 N–H and O–H groups in total. The summed E-state index contributed by atoms with van der Waals surface area (Å²) in [6.45, 7) is 0. The fraction of sp³-hybridized carbons (Fsp3) is 0. The van der Waals surface area contributed by atoms with Crippen LogP contribution in [0.25, 0.3) is 0 Å². The molecule has 0 rings (SSSR count). The molecule has 0 saturated heterocycles. The molecule has 0 atom stereocenters. The van der Waals surface area contributed by atoms with Crippen LogP contribution >= 0.6 is 0 Å². The Bertz CT molecular complexity index is 112.